The molecule has 0 atom stereocenters. The van der Waals surface area contributed by atoms with Crippen molar-refractivity contribution in [3.8, 4) is 5.75 Å². The second-order valence-electron chi connectivity index (χ2n) is 3.54. The van der Waals surface area contributed by atoms with E-state index in [1.807, 2.05) is 22.6 Å². The van der Waals surface area contributed by atoms with Crippen LogP contribution in [0, 0.1) is 3.70 Å². The lowest BCUT2D eigenvalue weighted by molar-refractivity contribution is -0.275. The van der Waals surface area contributed by atoms with Crippen LogP contribution in [0.4, 0.5) is 13.2 Å². The number of pyridine rings is 1. The Balaban J connectivity index is 3.18. The Bertz CT molecular complexity index is 497. The lowest BCUT2D eigenvalue weighted by Gasteiger charge is -2.16. The molecule has 0 amide bonds. The third kappa shape index (κ3) is 5.43. The number of ether oxygens (including phenoxy) is 2. The maximum absolute atomic E-state index is 12.4. The van der Waals surface area contributed by atoms with E-state index >= 15 is 0 Å². The van der Waals surface area contributed by atoms with Crippen molar-refractivity contribution in [3.05, 3.63) is 21.0 Å². The minimum Gasteiger partial charge on any atom is -0.466 e. The van der Waals surface area contributed by atoms with Gasteiger partial charge in [0, 0.05) is 10.9 Å². The van der Waals surface area contributed by atoms with Crippen LogP contribution in [-0.4, -0.2) is 23.9 Å². The molecule has 0 spiro atoms. The molecule has 0 unspecified atom stereocenters. The second kappa shape index (κ2) is 7.43. The van der Waals surface area contributed by atoms with Crippen LogP contribution < -0.4 is 4.74 Å². The Morgan fingerprint density at radius 3 is 2.65 bits per heavy atom. The van der Waals surface area contributed by atoms with E-state index in [9.17, 15) is 18.0 Å². The topological polar surface area (TPSA) is 48.4 Å². The van der Waals surface area contributed by atoms with Crippen molar-refractivity contribution in [3.63, 3.8) is 0 Å². The molecule has 9 heteroatoms. The number of alkyl halides is 4. The van der Waals surface area contributed by atoms with Gasteiger partial charge in [-0.1, -0.05) is 15.9 Å². The Kier molecular flexibility index (Phi) is 6.49. The highest BCUT2D eigenvalue weighted by atomic mass is 127. The summed E-state index contributed by atoms with van der Waals surface area (Å²) in [6.45, 7) is 1.77. The molecule has 1 aromatic heterocycles. The molecule has 112 valence electrons. The fourth-order valence-electron chi connectivity index (χ4n) is 1.44. The monoisotopic (exact) mass is 467 g/mol. The second-order valence-corrected chi connectivity index (χ2v) is 5.21. The predicted octanol–water partition coefficient (Wildman–Crippen LogP) is 3.59. The Labute approximate surface area is 135 Å². The van der Waals surface area contributed by atoms with Crippen LogP contribution in [0.3, 0.4) is 0 Å². The number of nitrogens with zero attached hydrogens (tertiary/aromatic N) is 1. The van der Waals surface area contributed by atoms with Crippen LogP contribution >= 0.6 is 38.5 Å². The molecule has 0 aliphatic carbocycles. The molecule has 0 N–H and O–H groups in total. The standard InChI is InChI=1S/C11H10BrF3INO3/c1-2-19-9(18)4-6-3-8(16)17-7(5-12)10(6)20-11(13,14)15/h3H,2,4-5H2,1H3. The van der Waals surface area contributed by atoms with Crippen LogP contribution in [0.25, 0.3) is 0 Å². The molecule has 0 aliphatic rings. The van der Waals surface area contributed by atoms with Gasteiger partial charge in [0.25, 0.3) is 0 Å². The average Bonchev–Trinajstić information content (AvgIpc) is 2.31. The van der Waals surface area contributed by atoms with E-state index in [-0.39, 0.29) is 29.6 Å². The summed E-state index contributed by atoms with van der Waals surface area (Å²) in [5.41, 5.74) is 0.170. The van der Waals surface area contributed by atoms with Crippen LogP contribution in [0.1, 0.15) is 18.2 Å². The summed E-state index contributed by atoms with van der Waals surface area (Å²) in [6, 6.07) is 1.37. The number of halogens is 5. The van der Waals surface area contributed by atoms with Gasteiger partial charge in [0.1, 0.15) is 3.70 Å². The lowest BCUT2D eigenvalue weighted by Crippen LogP contribution is -2.21. The fraction of sp³-hybridized carbons (Fsp3) is 0.455. The van der Waals surface area contributed by atoms with Crippen molar-refractivity contribution < 1.29 is 27.4 Å². The zero-order chi connectivity index (χ0) is 15.3. The first-order chi connectivity index (χ1) is 9.26. The van der Waals surface area contributed by atoms with Gasteiger partial charge in [0.05, 0.1) is 18.7 Å². The predicted molar refractivity (Wildman–Crippen MR) is 76.6 cm³/mol. The zero-order valence-electron chi connectivity index (χ0n) is 10.3. The van der Waals surface area contributed by atoms with Crippen LogP contribution in [0.5, 0.6) is 5.75 Å². The number of aromatic nitrogens is 1. The van der Waals surface area contributed by atoms with E-state index in [1.54, 1.807) is 6.92 Å². The van der Waals surface area contributed by atoms with E-state index in [1.165, 1.54) is 6.07 Å². The molecule has 4 nitrogen and oxygen atoms in total. The molecule has 0 aromatic carbocycles. The summed E-state index contributed by atoms with van der Waals surface area (Å²) in [5, 5.41) is 0.0745. The van der Waals surface area contributed by atoms with Crippen molar-refractivity contribution in [2.45, 2.75) is 25.0 Å². The van der Waals surface area contributed by atoms with E-state index in [0.717, 1.165) is 0 Å². The molecule has 0 saturated heterocycles. The SMILES string of the molecule is CCOC(=O)Cc1cc(I)nc(CBr)c1OC(F)(F)F. The molecule has 1 heterocycles. The Morgan fingerprint density at radius 1 is 1.50 bits per heavy atom. The van der Waals surface area contributed by atoms with Crippen molar-refractivity contribution in [1.29, 1.82) is 0 Å². The van der Waals surface area contributed by atoms with Crippen LogP contribution in [0.15, 0.2) is 6.07 Å². The average molecular weight is 468 g/mol. The molecule has 1 aromatic rings. The van der Waals surface area contributed by atoms with Gasteiger partial charge in [-0.05, 0) is 35.6 Å². The zero-order valence-corrected chi connectivity index (χ0v) is 14.0. The molecule has 0 radical (unpaired) electrons. The van der Waals surface area contributed by atoms with E-state index < -0.39 is 18.1 Å². The van der Waals surface area contributed by atoms with Gasteiger partial charge in [-0.3, -0.25) is 4.79 Å². The Hall–Kier alpha value is -0.580. The minimum atomic E-state index is -4.85. The largest absolute Gasteiger partial charge is 0.573 e. The van der Waals surface area contributed by atoms with Gasteiger partial charge in [-0.15, -0.1) is 13.2 Å². The third-order valence-electron chi connectivity index (χ3n) is 2.07. The smallest absolute Gasteiger partial charge is 0.466 e. The summed E-state index contributed by atoms with van der Waals surface area (Å²) in [5.74, 6) is -1.08. The number of rotatable bonds is 5. The number of carbonyl (C=O) groups excluding carboxylic acids is 1. The normalized spacial score (nSPS) is 11.3. The fourth-order valence-corrected chi connectivity index (χ4v) is 2.48. The maximum atomic E-state index is 12.4. The van der Waals surface area contributed by atoms with Gasteiger partial charge in [-0.25, -0.2) is 4.98 Å². The van der Waals surface area contributed by atoms with Crippen molar-refractivity contribution in [2.24, 2.45) is 0 Å². The number of hydrogen-bond donors (Lipinski definition) is 0. The molecule has 0 aliphatic heterocycles. The summed E-state index contributed by atoms with van der Waals surface area (Å²) in [7, 11) is 0. The first-order valence-corrected chi connectivity index (χ1v) is 7.62. The molecular formula is C11H10BrF3INO3. The quantitative estimate of drug-likeness (QED) is 0.287. The molecule has 1 rings (SSSR count). The summed E-state index contributed by atoms with van der Waals surface area (Å²) < 4.78 is 46.5. The first kappa shape index (κ1) is 17.5. The van der Waals surface area contributed by atoms with Crippen LogP contribution in [-0.2, 0) is 21.3 Å². The van der Waals surface area contributed by atoms with E-state index in [4.69, 9.17) is 4.74 Å². The lowest BCUT2D eigenvalue weighted by atomic mass is 10.1. The number of hydrogen-bond acceptors (Lipinski definition) is 4. The molecule has 0 fully saturated rings. The van der Waals surface area contributed by atoms with E-state index in [2.05, 4.69) is 25.7 Å². The van der Waals surface area contributed by atoms with Gasteiger partial charge >= 0.3 is 12.3 Å². The molecule has 0 saturated carbocycles. The summed E-state index contributed by atoms with van der Waals surface area (Å²) in [6.07, 6.45) is -5.16. The van der Waals surface area contributed by atoms with Gasteiger partial charge in [-0.2, -0.15) is 0 Å². The van der Waals surface area contributed by atoms with Gasteiger partial charge in [0.2, 0.25) is 0 Å². The van der Waals surface area contributed by atoms with Crippen molar-refractivity contribution >= 4 is 44.5 Å². The molecule has 0 bridgehead atoms. The van der Waals surface area contributed by atoms with Gasteiger partial charge < -0.3 is 9.47 Å². The van der Waals surface area contributed by atoms with E-state index in [0.29, 0.717) is 3.70 Å². The van der Waals surface area contributed by atoms with Crippen molar-refractivity contribution in [2.75, 3.05) is 6.61 Å². The molecular weight excluding hydrogens is 458 g/mol. The first-order valence-electron chi connectivity index (χ1n) is 5.42. The van der Waals surface area contributed by atoms with Crippen molar-refractivity contribution in [1.82, 2.24) is 4.98 Å². The maximum Gasteiger partial charge on any atom is 0.573 e. The highest BCUT2D eigenvalue weighted by Gasteiger charge is 2.34. The molecule has 20 heavy (non-hydrogen) atoms. The summed E-state index contributed by atoms with van der Waals surface area (Å²) in [4.78, 5) is 15.4. The minimum absolute atomic E-state index is 0.0745. The Morgan fingerprint density at radius 2 is 2.15 bits per heavy atom. The van der Waals surface area contributed by atoms with Crippen LogP contribution in [0.2, 0.25) is 0 Å². The summed E-state index contributed by atoms with van der Waals surface area (Å²) >= 11 is 4.91. The highest BCUT2D eigenvalue weighted by Crippen LogP contribution is 2.32. The number of carbonyl (C=O) groups is 1. The third-order valence-corrected chi connectivity index (χ3v) is 3.16. The number of esters is 1. The highest BCUT2D eigenvalue weighted by molar-refractivity contribution is 14.1. The van der Waals surface area contributed by atoms with Gasteiger partial charge in [0.15, 0.2) is 5.75 Å².